The third-order valence-corrected chi connectivity index (χ3v) is 6.26. The number of hydrogen-bond acceptors (Lipinski definition) is 5. The standard InChI is InChI=1S/C27H23ClN4O3/c1-17-23(26-30-25(31-35-26)19-12-14-21(28)15-13-19)24(18-8-4-3-5-9-18)29-27(33)32(17)16-20-10-6-7-11-22(20)34-2/h3-15,24H,16H2,1-2H3,(H,29,33). The molecule has 1 unspecified atom stereocenters. The molecule has 2 amide bonds. The van der Waals surface area contributed by atoms with Crippen LogP contribution in [0.2, 0.25) is 5.02 Å². The molecule has 8 heteroatoms. The highest BCUT2D eigenvalue weighted by atomic mass is 35.5. The molecule has 3 aromatic carbocycles. The summed E-state index contributed by atoms with van der Waals surface area (Å²) >= 11 is 6.02. The fraction of sp³-hybridized carbons (Fsp3) is 0.148. The van der Waals surface area contributed by atoms with E-state index in [1.807, 2.05) is 73.7 Å². The van der Waals surface area contributed by atoms with Crippen LogP contribution in [0, 0.1) is 0 Å². The fourth-order valence-corrected chi connectivity index (χ4v) is 4.32. The lowest BCUT2D eigenvalue weighted by molar-refractivity contribution is 0.202. The van der Waals surface area contributed by atoms with Crippen LogP contribution in [0.4, 0.5) is 4.79 Å². The second-order valence-corrected chi connectivity index (χ2v) is 8.56. The molecule has 1 aliphatic heterocycles. The predicted molar refractivity (Wildman–Crippen MR) is 134 cm³/mol. The summed E-state index contributed by atoms with van der Waals surface area (Å²) in [6, 6.07) is 23.9. The molecule has 1 N–H and O–H groups in total. The number of aromatic nitrogens is 2. The quantitative estimate of drug-likeness (QED) is 0.356. The number of carbonyl (C=O) groups excluding carboxylic acids is 1. The van der Waals surface area contributed by atoms with Crippen molar-refractivity contribution in [2.75, 3.05) is 7.11 Å². The molecular formula is C27H23ClN4O3. The monoisotopic (exact) mass is 486 g/mol. The minimum absolute atomic E-state index is 0.219. The largest absolute Gasteiger partial charge is 0.496 e. The summed E-state index contributed by atoms with van der Waals surface area (Å²) in [6.45, 7) is 2.22. The fourth-order valence-electron chi connectivity index (χ4n) is 4.20. The number of urea groups is 1. The molecule has 2 heterocycles. The summed E-state index contributed by atoms with van der Waals surface area (Å²) in [6.07, 6.45) is 0. The Morgan fingerprint density at radius 2 is 1.74 bits per heavy atom. The number of allylic oxidation sites excluding steroid dienone is 1. The first-order chi connectivity index (χ1) is 17.0. The Kier molecular flexibility index (Phi) is 6.25. The molecule has 0 bridgehead atoms. The lowest BCUT2D eigenvalue weighted by Crippen LogP contribution is -2.45. The summed E-state index contributed by atoms with van der Waals surface area (Å²) in [5, 5.41) is 7.94. The van der Waals surface area contributed by atoms with Crippen LogP contribution in [-0.4, -0.2) is 28.2 Å². The van der Waals surface area contributed by atoms with Crippen LogP contribution < -0.4 is 10.1 Å². The van der Waals surface area contributed by atoms with Gasteiger partial charge in [0.1, 0.15) is 5.75 Å². The highest BCUT2D eigenvalue weighted by Gasteiger charge is 2.36. The van der Waals surface area contributed by atoms with E-state index >= 15 is 0 Å². The van der Waals surface area contributed by atoms with E-state index in [2.05, 4.69) is 15.5 Å². The van der Waals surface area contributed by atoms with Gasteiger partial charge in [0.25, 0.3) is 5.89 Å². The van der Waals surface area contributed by atoms with Crippen molar-refractivity contribution in [3.63, 3.8) is 0 Å². The molecule has 0 fully saturated rings. The van der Waals surface area contributed by atoms with E-state index in [0.29, 0.717) is 29.0 Å². The molecule has 7 nitrogen and oxygen atoms in total. The first kappa shape index (κ1) is 22.7. The minimum atomic E-state index is -0.448. The predicted octanol–water partition coefficient (Wildman–Crippen LogP) is 6.10. The first-order valence-electron chi connectivity index (χ1n) is 11.1. The Bertz CT molecular complexity index is 1380. The van der Waals surface area contributed by atoms with E-state index in [1.165, 1.54) is 0 Å². The highest BCUT2D eigenvalue weighted by molar-refractivity contribution is 6.30. The van der Waals surface area contributed by atoms with Gasteiger partial charge in [-0.3, -0.25) is 4.90 Å². The van der Waals surface area contributed by atoms with Crippen molar-refractivity contribution >= 4 is 23.2 Å². The lowest BCUT2D eigenvalue weighted by atomic mass is 9.94. The van der Waals surface area contributed by atoms with Crippen LogP contribution >= 0.6 is 11.6 Å². The molecule has 35 heavy (non-hydrogen) atoms. The zero-order valence-electron chi connectivity index (χ0n) is 19.2. The molecular weight excluding hydrogens is 464 g/mol. The number of nitrogens with zero attached hydrogens (tertiary/aromatic N) is 3. The number of methoxy groups -OCH3 is 1. The van der Waals surface area contributed by atoms with Crippen LogP contribution in [0.25, 0.3) is 17.0 Å². The Morgan fingerprint density at radius 3 is 2.49 bits per heavy atom. The van der Waals surface area contributed by atoms with Crippen LogP contribution in [0.1, 0.15) is 30.0 Å². The number of para-hydroxylation sites is 1. The number of nitrogens with one attached hydrogen (secondary N) is 1. The van der Waals surface area contributed by atoms with Gasteiger partial charge in [0.2, 0.25) is 5.82 Å². The molecule has 0 aliphatic carbocycles. The van der Waals surface area contributed by atoms with Crippen LogP contribution in [0.15, 0.2) is 89.1 Å². The molecule has 1 aliphatic rings. The number of benzene rings is 3. The van der Waals surface area contributed by atoms with Gasteiger partial charge in [-0.1, -0.05) is 65.3 Å². The molecule has 0 radical (unpaired) electrons. The summed E-state index contributed by atoms with van der Waals surface area (Å²) in [5.74, 6) is 1.49. The molecule has 0 spiro atoms. The van der Waals surface area contributed by atoms with Gasteiger partial charge in [-0.2, -0.15) is 4.98 Å². The maximum atomic E-state index is 13.3. The SMILES string of the molecule is COc1ccccc1CN1C(=O)NC(c2ccccc2)C(c2nc(-c3ccc(Cl)cc3)no2)=C1C. The average molecular weight is 487 g/mol. The van der Waals surface area contributed by atoms with E-state index in [-0.39, 0.29) is 6.03 Å². The second kappa shape index (κ2) is 9.64. The van der Waals surface area contributed by atoms with Crippen LogP contribution in [0.5, 0.6) is 5.75 Å². The molecule has 1 aromatic heterocycles. The number of amides is 2. The van der Waals surface area contributed by atoms with E-state index < -0.39 is 6.04 Å². The van der Waals surface area contributed by atoms with Crippen LogP contribution in [0.3, 0.4) is 0 Å². The zero-order chi connectivity index (χ0) is 24.4. The van der Waals surface area contributed by atoms with Crippen molar-refractivity contribution in [3.8, 4) is 17.1 Å². The van der Waals surface area contributed by atoms with Crippen molar-refractivity contribution in [1.82, 2.24) is 20.4 Å². The Morgan fingerprint density at radius 1 is 1.03 bits per heavy atom. The molecule has 0 saturated carbocycles. The van der Waals surface area contributed by atoms with Crippen LogP contribution in [-0.2, 0) is 6.54 Å². The van der Waals surface area contributed by atoms with Crippen molar-refractivity contribution in [1.29, 1.82) is 0 Å². The number of ether oxygens (including phenoxy) is 1. The Labute approximate surface area is 208 Å². The number of carbonyl (C=O) groups is 1. The van der Waals surface area contributed by atoms with Crippen molar-refractivity contribution in [3.05, 3.63) is 107 Å². The lowest BCUT2D eigenvalue weighted by Gasteiger charge is -2.35. The number of rotatable bonds is 6. The molecule has 5 rings (SSSR count). The van der Waals surface area contributed by atoms with Crippen molar-refractivity contribution in [2.45, 2.75) is 19.5 Å². The minimum Gasteiger partial charge on any atom is -0.496 e. The number of halogens is 1. The smallest absolute Gasteiger partial charge is 0.322 e. The second-order valence-electron chi connectivity index (χ2n) is 8.12. The summed E-state index contributed by atoms with van der Waals surface area (Å²) in [4.78, 5) is 19.6. The van der Waals surface area contributed by atoms with Gasteiger partial charge in [0, 0.05) is 21.8 Å². The molecule has 0 saturated heterocycles. The van der Waals surface area contributed by atoms with Gasteiger partial charge in [0.05, 0.1) is 25.3 Å². The van der Waals surface area contributed by atoms with Crippen molar-refractivity contribution in [2.24, 2.45) is 0 Å². The normalized spacial score (nSPS) is 15.8. The first-order valence-corrected chi connectivity index (χ1v) is 11.5. The average Bonchev–Trinajstić information content (AvgIpc) is 3.37. The van der Waals surface area contributed by atoms with E-state index in [1.54, 1.807) is 24.1 Å². The van der Waals surface area contributed by atoms with E-state index in [9.17, 15) is 4.79 Å². The van der Waals surface area contributed by atoms with Gasteiger partial charge < -0.3 is 14.6 Å². The Balaban J connectivity index is 1.59. The zero-order valence-corrected chi connectivity index (χ0v) is 20.0. The third-order valence-electron chi connectivity index (χ3n) is 6.01. The van der Waals surface area contributed by atoms with E-state index in [4.69, 9.17) is 20.9 Å². The maximum Gasteiger partial charge on any atom is 0.322 e. The van der Waals surface area contributed by atoms with Gasteiger partial charge in [-0.15, -0.1) is 0 Å². The Hall–Kier alpha value is -4.10. The topological polar surface area (TPSA) is 80.5 Å². The molecule has 4 aromatic rings. The van der Waals surface area contributed by atoms with Gasteiger partial charge in [-0.05, 0) is 42.8 Å². The summed E-state index contributed by atoms with van der Waals surface area (Å²) in [7, 11) is 1.62. The van der Waals surface area contributed by atoms with Gasteiger partial charge in [0.15, 0.2) is 0 Å². The maximum absolute atomic E-state index is 13.3. The van der Waals surface area contributed by atoms with Gasteiger partial charge in [-0.25, -0.2) is 4.79 Å². The third kappa shape index (κ3) is 4.50. The molecule has 1 atom stereocenters. The molecule has 176 valence electrons. The van der Waals surface area contributed by atoms with Crippen molar-refractivity contribution < 1.29 is 14.1 Å². The highest BCUT2D eigenvalue weighted by Crippen LogP contribution is 2.38. The number of hydrogen-bond donors (Lipinski definition) is 1. The van der Waals surface area contributed by atoms with Gasteiger partial charge >= 0.3 is 6.03 Å². The van der Waals surface area contributed by atoms with E-state index in [0.717, 1.165) is 28.0 Å². The summed E-state index contributed by atoms with van der Waals surface area (Å²) < 4.78 is 11.2. The summed E-state index contributed by atoms with van der Waals surface area (Å²) in [5.41, 5.74) is 4.04.